The molecule has 1 atom stereocenters. The number of nitrogens with zero attached hydrogens (tertiary/aromatic N) is 3. The first-order chi connectivity index (χ1) is 8.63. The van der Waals surface area contributed by atoms with Crippen LogP contribution in [0, 0.1) is 10.1 Å². The monoisotopic (exact) mass is 251 g/mol. The average molecular weight is 251 g/mol. The third-order valence-corrected chi connectivity index (χ3v) is 2.52. The first-order valence-corrected chi connectivity index (χ1v) is 5.56. The lowest BCUT2D eigenvalue weighted by atomic mass is 10.2. The topological polar surface area (TPSA) is 94.3 Å². The molecule has 1 N–H and O–H groups in total. The smallest absolute Gasteiger partial charge is 0.403 e. The molecule has 0 aliphatic heterocycles. The SMILES string of the molecule is CCCn1ccnc1C(O)c1ccc([N+](=O)[O-])o1. The molecule has 0 aliphatic rings. The Labute approximate surface area is 103 Å². The van der Waals surface area contributed by atoms with E-state index < -0.39 is 16.9 Å². The lowest BCUT2D eigenvalue weighted by Crippen LogP contribution is -2.09. The van der Waals surface area contributed by atoms with Crippen LogP contribution >= 0.6 is 0 Å². The fourth-order valence-corrected chi connectivity index (χ4v) is 1.71. The second-order valence-corrected chi connectivity index (χ2v) is 3.81. The highest BCUT2D eigenvalue weighted by atomic mass is 16.6. The van der Waals surface area contributed by atoms with Crippen molar-refractivity contribution in [2.75, 3.05) is 0 Å². The Morgan fingerprint density at radius 2 is 2.39 bits per heavy atom. The van der Waals surface area contributed by atoms with Crippen LogP contribution in [0.2, 0.25) is 0 Å². The summed E-state index contributed by atoms with van der Waals surface area (Å²) in [6.07, 6.45) is 3.12. The van der Waals surface area contributed by atoms with Crippen LogP contribution in [0.3, 0.4) is 0 Å². The molecule has 96 valence electrons. The minimum absolute atomic E-state index is 0.116. The van der Waals surface area contributed by atoms with E-state index in [-0.39, 0.29) is 5.76 Å². The van der Waals surface area contributed by atoms with Gasteiger partial charge in [0.2, 0.25) is 0 Å². The number of hydrogen-bond acceptors (Lipinski definition) is 5. The maximum absolute atomic E-state index is 10.5. The molecule has 2 aromatic rings. The minimum Gasteiger partial charge on any atom is -0.403 e. The zero-order valence-electron chi connectivity index (χ0n) is 9.81. The van der Waals surface area contributed by atoms with Crippen molar-refractivity contribution in [3.63, 3.8) is 0 Å². The summed E-state index contributed by atoms with van der Waals surface area (Å²) in [6, 6.07) is 2.60. The van der Waals surface area contributed by atoms with Crippen LogP contribution in [-0.4, -0.2) is 19.6 Å². The molecule has 0 saturated carbocycles. The van der Waals surface area contributed by atoms with E-state index in [9.17, 15) is 15.2 Å². The quantitative estimate of drug-likeness (QED) is 0.646. The molecule has 0 aromatic carbocycles. The number of aliphatic hydroxyl groups is 1. The van der Waals surface area contributed by atoms with Gasteiger partial charge in [-0.15, -0.1) is 0 Å². The first-order valence-electron chi connectivity index (χ1n) is 5.56. The molecule has 7 heteroatoms. The molecule has 2 heterocycles. The van der Waals surface area contributed by atoms with Crippen LogP contribution in [0.1, 0.15) is 31.0 Å². The molecular formula is C11H13N3O4. The summed E-state index contributed by atoms with van der Waals surface area (Å²) < 4.78 is 6.75. The molecule has 7 nitrogen and oxygen atoms in total. The van der Waals surface area contributed by atoms with Gasteiger partial charge in [-0.25, -0.2) is 4.98 Å². The van der Waals surface area contributed by atoms with Gasteiger partial charge in [-0.1, -0.05) is 6.92 Å². The highest BCUT2D eigenvalue weighted by molar-refractivity contribution is 5.22. The van der Waals surface area contributed by atoms with Gasteiger partial charge in [0, 0.05) is 18.9 Å². The molecule has 0 aliphatic carbocycles. The summed E-state index contributed by atoms with van der Waals surface area (Å²) in [7, 11) is 0. The van der Waals surface area contributed by atoms with Crippen molar-refractivity contribution in [1.82, 2.24) is 9.55 Å². The Hall–Kier alpha value is -2.15. The van der Waals surface area contributed by atoms with E-state index >= 15 is 0 Å². The third kappa shape index (κ3) is 2.25. The second kappa shape index (κ2) is 5.01. The van der Waals surface area contributed by atoms with Gasteiger partial charge in [0.25, 0.3) is 0 Å². The number of hydrogen-bond donors (Lipinski definition) is 1. The maximum atomic E-state index is 10.5. The molecular weight excluding hydrogens is 238 g/mol. The Bertz CT molecular complexity index is 546. The van der Waals surface area contributed by atoms with Crippen molar-refractivity contribution in [3.8, 4) is 0 Å². The fourth-order valence-electron chi connectivity index (χ4n) is 1.71. The highest BCUT2D eigenvalue weighted by Gasteiger charge is 2.22. The van der Waals surface area contributed by atoms with E-state index in [4.69, 9.17) is 4.42 Å². The molecule has 0 spiro atoms. The van der Waals surface area contributed by atoms with Crippen LogP contribution in [0.4, 0.5) is 5.88 Å². The van der Waals surface area contributed by atoms with Crippen LogP contribution in [0.5, 0.6) is 0 Å². The Balaban J connectivity index is 2.26. The minimum atomic E-state index is -1.10. The summed E-state index contributed by atoms with van der Waals surface area (Å²) in [5.74, 6) is 0.143. The van der Waals surface area contributed by atoms with Gasteiger partial charge < -0.3 is 14.1 Å². The standard InChI is InChI=1S/C11H13N3O4/c1-2-6-13-7-5-12-11(13)10(15)8-3-4-9(18-8)14(16)17/h3-5,7,10,15H,2,6H2,1H3. The maximum Gasteiger partial charge on any atom is 0.433 e. The van der Waals surface area contributed by atoms with Gasteiger partial charge in [0.15, 0.2) is 6.10 Å². The van der Waals surface area contributed by atoms with Crippen molar-refractivity contribution in [2.24, 2.45) is 0 Å². The van der Waals surface area contributed by atoms with Crippen LogP contribution in [-0.2, 0) is 6.54 Å². The fraction of sp³-hybridized carbons (Fsp3) is 0.364. The lowest BCUT2D eigenvalue weighted by Gasteiger charge is -2.10. The Morgan fingerprint density at radius 1 is 1.61 bits per heavy atom. The Morgan fingerprint density at radius 3 is 3.00 bits per heavy atom. The summed E-state index contributed by atoms with van der Waals surface area (Å²) in [5, 5.41) is 20.6. The zero-order chi connectivity index (χ0) is 13.1. The highest BCUT2D eigenvalue weighted by Crippen LogP contribution is 2.25. The second-order valence-electron chi connectivity index (χ2n) is 3.81. The Kier molecular flexibility index (Phi) is 3.42. The van der Waals surface area contributed by atoms with E-state index in [1.165, 1.54) is 12.1 Å². The van der Waals surface area contributed by atoms with E-state index in [0.29, 0.717) is 5.82 Å². The molecule has 18 heavy (non-hydrogen) atoms. The largest absolute Gasteiger partial charge is 0.433 e. The summed E-state index contributed by atoms with van der Waals surface area (Å²) in [6.45, 7) is 2.73. The van der Waals surface area contributed by atoms with Crippen molar-refractivity contribution >= 4 is 5.88 Å². The van der Waals surface area contributed by atoms with Crippen LogP contribution < -0.4 is 0 Å². The lowest BCUT2D eigenvalue weighted by molar-refractivity contribution is -0.402. The van der Waals surface area contributed by atoms with Crippen molar-refractivity contribution < 1.29 is 14.4 Å². The number of nitro groups is 1. The van der Waals surface area contributed by atoms with Crippen LogP contribution in [0.25, 0.3) is 0 Å². The molecule has 0 fully saturated rings. The number of furan rings is 1. The van der Waals surface area contributed by atoms with Crippen molar-refractivity contribution in [1.29, 1.82) is 0 Å². The summed E-state index contributed by atoms with van der Waals surface area (Å²) >= 11 is 0. The zero-order valence-corrected chi connectivity index (χ0v) is 9.81. The summed E-state index contributed by atoms with van der Waals surface area (Å²) in [4.78, 5) is 13.9. The molecule has 0 bridgehead atoms. The number of aryl methyl sites for hydroxylation is 1. The predicted octanol–water partition coefficient (Wildman–Crippen LogP) is 1.88. The molecule has 1 unspecified atom stereocenters. The van der Waals surface area contributed by atoms with Gasteiger partial charge in [-0.05, 0) is 12.5 Å². The number of rotatable bonds is 5. The van der Waals surface area contributed by atoms with Crippen molar-refractivity contribution in [3.05, 3.63) is 46.2 Å². The molecule has 0 saturated heterocycles. The van der Waals surface area contributed by atoms with E-state index in [2.05, 4.69) is 4.98 Å². The summed E-state index contributed by atoms with van der Waals surface area (Å²) in [5.41, 5.74) is 0. The third-order valence-electron chi connectivity index (χ3n) is 2.52. The first kappa shape index (κ1) is 12.3. The molecule has 0 amide bonds. The number of aliphatic hydroxyl groups excluding tert-OH is 1. The molecule has 2 rings (SSSR count). The predicted molar refractivity (Wildman–Crippen MR) is 61.9 cm³/mol. The van der Waals surface area contributed by atoms with Gasteiger partial charge in [0.1, 0.15) is 16.5 Å². The van der Waals surface area contributed by atoms with E-state index in [1.54, 1.807) is 17.0 Å². The van der Waals surface area contributed by atoms with Gasteiger partial charge in [-0.3, -0.25) is 10.1 Å². The molecule has 0 radical (unpaired) electrons. The van der Waals surface area contributed by atoms with Gasteiger partial charge in [0.05, 0.1) is 6.07 Å². The van der Waals surface area contributed by atoms with E-state index in [1.807, 2.05) is 6.92 Å². The average Bonchev–Trinajstić information content (AvgIpc) is 2.97. The molecule has 2 aromatic heterocycles. The van der Waals surface area contributed by atoms with Gasteiger partial charge >= 0.3 is 5.88 Å². The van der Waals surface area contributed by atoms with Crippen molar-refractivity contribution in [2.45, 2.75) is 26.0 Å². The van der Waals surface area contributed by atoms with E-state index in [0.717, 1.165) is 13.0 Å². The number of aromatic nitrogens is 2. The van der Waals surface area contributed by atoms with Gasteiger partial charge in [-0.2, -0.15) is 0 Å². The number of imidazole rings is 1. The van der Waals surface area contributed by atoms with Crippen LogP contribution in [0.15, 0.2) is 28.9 Å². The normalized spacial score (nSPS) is 12.6.